The fraction of sp³-hybridized carbons (Fsp3) is 0.750. The van der Waals surface area contributed by atoms with Crippen LogP contribution in [0.5, 0.6) is 0 Å². The van der Waals surface area contributed by atoms with Crippen LogP contribution in [0.3, 0.4) is 0 Å². The summed E-state index contributed by atoms with van der Waals surface area (Å²) in [5.41, 5.74) is 0. The highest BCUT2D eigenvalue weighted by atomic mass is 16.5. The Balaban J connectivity index is 2.10. The smallest absolute Gasteiger partial charge is 0.309 e. The van der Waals surface area contributed by atoms with E-state index in [-0.39, 0.29) is 23.6 Å². The molecule has 0 aliphatic heterocycles. The molecule has 3 heteroatoms. The summed E-state index contributed by atoms with van der Waals surface area (Å²) in [6.45, 7) is 0. The van der Waals surface area contributed by atoms with Crippen LogP contribution in [0.2, 0.25) is 0 Å². The molecule has 3 fully saturated rings. The summed E-state index contributed by atoms with van der Waals surface area (Å²) < 4.78 is 4.59. The van der Waals surface area contributed by atoms with Gasteiger partial charge in [-0.1, -0.05) is 0 Å². The standard InChI is InChI=1S/C8H10O3/c1-11-8(10)7-4-2-5(7)6(9)3-4/h4-5,7H,2-3H2,1H3/t4-,5+,7-/m1/s1. The van der Waals surface area contributed by atoms with Gasteiger partial charge >= 0.3 is 5.97 Å². The topological polar surface area (TPSA) is 43.4 Å². The van der Waals surface area contributed by atoms with Gasteiger partial charge in [0.15, 0.2) is 0 Å². The van der Waals surface area contributed by atoms with Crippen LogP contribution in [-0.4, -0.2) is 18.9 Å². The van der Waals surface area contributed by atoms with Gasteiger partial charge in [-0.05, 0) is 12.3 Å². The third kappa shape index (κ3) is 0.737. The average molecular weight is 154 g/mol. The average Bonchev–Trinajstić information content (AvgIpc) is 2.43. The lowest BCUT2D eigenvalue weighted by Crippen LogP contribution is -2.37. The number of fused-ring (bicyclic) bond motifs is 1. The Morgan fingerprint density at radius 2 is 2.36 bits per heavy atom. The fourth-order valence-electron chi connectivity index (χ4n) is 2.20. The first-order valence-electron chi connectivity index (χ1n) is 3.84. The number of hydrogen-bond acceptors (Lipinski definition) is 3. The normalized spacial score (nSPS) is 40.1. The Hall–Kier alpha value is -0.860. The Kier molecular flexibility index (Phi) is 1.28. The van der Waals surface area contributed by atoms with Gasteiger partial charge in [0.25, 0.3) is 0 Å². The Bertz CT molecular complexity index is 221. The van der Waals surface area contributed by atoms with E-state index in [0.29, 0.717) is 12.3 Å². The minimum absolute atomic E-state index is 0.00690. The molecule has 0 saturated heterocycles. The summed E-state index contributed by atoms with van der Waals surface area (Å²) in [4.78, 5) is 22.1. The summed E-state index contributed by atoms with van der Waals surface area (Å²) in [5, 5.41) is 0. The molecule has 0 spiro atoms. The first-order chi connectivity index (χ1) is 5.24. The van der Waals surface area contributed by atoms with Crippen molar-refractivity contribution in [1.29, 1.82) is 0 Å². The van der Waals surface area contributed by atoms with Gasteiger partial charge < -0.3 is 4.74 Å². The van der Waals surface area contributed by atoms with Crippen LogP contribution in [0.1, 0.15) is 12.8 Å². The van der Waals surface area contributed by atoms with Gasteiger partial charge in [0.2, 0.25) is 0 Å². The fourth-order valence-corrected chi connectivity index (χ4v) is 2.20. The number of methoxy groups -OCH3 is 1. The first-order valence-corrected chi connectivity index (χ1v) is 3.84. The molecule has 0 radical (unpaired) electrons. The summed E-state index contributed by atoms with van der Waals surface area (Å²) >= 11 is 0. The minimum Gasteiger partial charge on any atom is -0.469 e. The summed E-state index contributed by atoms with van der Waals surface area (Å²) in [6.07, 6.45) is 1.52. The molecule has 0 amide bonds. The van der Waals surface area contributed by atoms with Crippen LogP contribution < -0.4 is 0 Å². The quantitative estimate of drug-likeness (QED) is 0.513. The maximum Gasteiger partial charge on any atom is 0.309 e. The van der Waals surface area contributed by atoms with Gasteiger partial charge in [-0.15, -0.1) is 0 Å². The predicted octanol–water partition coefficient (Wildman–Crippen LogP) is 0.384. The zero-order valence-corrected chi connectivity index (χ0v) is 6.37. The molecule has 3 aliphatic carbocycles. The molecular weight excluding hydrogens is 144 g/mol. The summed E-state index contributed by atoms with van der Waals surface area (Å²) in [7, 11) is 1.38. The van der Waals surface area contributed by atoms with Crippen LogP contribution in [0.25, 0.3) is 0 Å². The Morgan fingerprint density at radius 1 is 1.64 bits per heavy atom. The monoisotopic (exact) mass is 154 g/mol. The van der Waals surface area contributed by atoms with Crippen molar-refractivity contribution in [2.75, 3.05) is 7.11 Å². The molecule has 3 rings (SSSR count). The van der Waals surface area contributed by atoms with E-state index in [4.69, 9.17) is 0 Å². The van der Waals surface area contributed by atoms with Gasteiger partial charge in [-0.3, -0.25) is 9.59 Å². The third-order valence-electron chi connectivity index (χ3n) is 2.85. The maximum atomic E-state index is 11.0. The van der Waals surface area contributed by atoms with Crippen molar-refractivity contribution in [1.82, 2.24) is 0 Å². The second kappa shape index (κ2) is 2.06. The maximum absolute atomic E-state index is 11.0. The molecule has 2 bridgehead atoms. The second-order valence-corrected chi connectivity index (χ2v) is 3.32. The van der Waals surface area contributed by atoms with Crippen LogP contribution in [0, 0.1) is 17.8 Å². The van der Waals surface area contributed by atoms with Gasteiger partial charge in [0.05, 0.1) is 13.0 Å². The summed E-state index contributed by atoms with van der Waals surface area (Å²) in [6, 6.07) is 0. The summed E-state index contributed by atoms with van der Waals surface area (Å²) in [5.74, 6) is 0.280. The van der Waals surface area contributed by atoms with Gasteiger partial charge in [0.1, 0.15) is 5.78 Å². The van der Waals surface area contributed by atoms with Crippen LogP contribution in [0.4, 0.5) is 0 Å². The zero-order valence-electron chi connectivity index (χ0n) is 6.37. The van der Waals surface area contributed by atoms with Crippen LogP contribution >= 0.6 is 0 Å². The van der Waals surface area contributed by atoms with E-state index in [1.54, 1.807) is 0 Å². The molecule has 11 heavy (non-hydrogen) atoms. The second-order valence-electron chi connectivity index (χ2n) is 3.32. The van der Waals surface area contributed by atoms with Gasteiger partial charge in [-0.25, -0.2) is 0 Å². The molecule has 0 aromatic carbocycles. The Labute approximate surface area is 64.7 Å². The predicted molar refractivity (Wildman–Crippen MR) is 36.7 cm³/mol. The van der Waals surface area contributed by atoms with Crippen LogP contribution in [0.15, 0.2) is 0 Å². The van der Waals surface area contributed by atoms with Crippen molar-refractivity contribution in [2.45, 2.75) is 12.8 Å². The van der Waals surface area contributed by atoms with E-state index < -0.39 is 0 Å². The van der Waals surface area contributed by atoms with Crippen molar-refractivity contribution < 1.29 is 14.3 Å². The van der Waals surface area contributed by atoms with Gasteiger partial charge in [0, 0.05) is 12.3 Å². The molecule has 0 unspecified atom stereocenters. The van der Waals surface area contributed by atoms with E-state index >= 15 is 0 Å². The highest BCUT2D eigenvalue weighted by molar-refractivity contribution is 5.93. The SMILES string of the molecule is COC(=O)[C@@H]1[C@H]2CC(=O)[C@@H]1C2. The zero-order chi connectivity index (χ0) is 8.01. The number of hydrogen-bond donors (Lipinski definition) is 0. The number of carbonyl (C=O) groups excluding carboxylic acids is 2. The molecule has 0 aromatic heterocycles. The Morgan fingerprint density at radius 3 is 2.73 bits per heavy atom. The van der Waals surface area contributed by atoms with E-state index in [2.05, 4.69) is 4.74 Å². The number of Topliss-reactive ketones (excluding diaryl/α,β-unsaturated/α-hetero) is 1. The molecular formula is C8H10O3. The van der Waals surface area contributed by atoms with Crippen LogP contribution in [-0.2, 0) is 14.3 Å². The van der Waals surface area contributed by atoms with E-state index in [0.717, 1.165) is 6.42 Å². The molecule has 3 nitrogen and oxygen atoms in total. The number of ketones is 1. The van der Waals surface area contributed by atoms with E-state index in [1.165, 1.54) is 7.11 Å². The molecule has 0 aromatic rings. The van der Waals surface area contributed by atoms with Gasteiger partial charge in [-0.2, -0.15) is 0 Å². The molecule has 60 valence electrons. The third-order valence-corrected chi connectivity index (χ3v) is 2.85. The molecule has 0 N–H and O–H groups in total. The van der Waals surface area contributed by atoms with Crippen molar-refractivity contribution in [3.8, 4) is 0 Å². The van der Waals surface area contributed by atoms with Crippen molar-refractivity contribution >= 4 is 11.8 Å². The van der Waals surface area contributed by atoms with Crippen molar-refractivity contribution in [3.63, 3.8) is 0 Å². The molecule has 0 heterocycles. The lowest BCUT2D eigenvalue weighted by atomic mass is 9.72. The van der Waals surface area contributed by atoms with Crippen molar-refractivity contribution in [2.24, 2.45) is 17.8 Å². The number of rotatable bonds is 1. The molecule has 3 saturated carbocycles. The van der Waals surface area contributed by atoms with E-state index in [9.17, 15) is 9.59 Å². The molecule has 3 atom stereocenters. The lowest BCUT2D eigenvalue weighted by molar-refractivity contribution is -0.154. The molecule has 3 aliphatic rings. The number of carbonyl (C=O) groups is 2. The largest absolute Gasteiger partial charge is 0.469 e. The first kappa shape index (κ1) is 6.83. The highest BCUT2D eigenvalue weighted by Gasteiger charge is 2.56. The number of esters is 1. The van der Waals surface area contributed by atoms with E-state index in [1.807, 2.05) is 0 Å². The number of ether oxygens (including phenoxy) is 1. The minimum atomic E-state index is -0.197. The van der Waals surface area contributed by atoms with Crippen molar-refractivity contribution in [3.05, 3.63) is 0 Å². The highest BCUT2D eigenvalue weighted by Crippen LogP contribution is 2.51. The lowest BCUT2D eigenvalue weighted by Gasteiger charge is -2.31.